The van der Waals surface area contributed by atoms with Crippen molar-refractivity contribution < 1.29 is 9.59 Å². The third-order valence-electron chi connectivity index (χ3n) is 4.53. The predicted molar refractivity (Wildman–Crippen MR) is 94.5 cm³/mol. The van der Waals surface area contributed by atoms with Crippen molar-refractivity contribution in [2.45, 2.75) is 68.7 Å². The predicted octanol–water partition coefficient (Wildman–Crippen LogP) is 1.35. The molecule has 132 valence electrons. The van der Waals surface area contributed by atoms with E-state index in [2.05, 4.69) is 16.0 Å². The maximum Gasteiger partial charge on any atom is 0.315 e. The van der Waals surface area contributed by atoms with Crippen LogP contribution in [-0.4, -0.2) is 48.1 Å². The van der Waals surface area contributed by atoms with Crippen LogP contribution in [0, 0.1) is 0 Å². The molecule has 2 heterocycles. The van der Waals surface area contributed by atoms with E-state index in [4.69, 9.17) is 5.73 Å². The highest BCUT2D eigenvalue weighted by atomic mass is 32.2. The Hall–Kier alpha value is -0.950. The minimum Gasteiger partial charge on any atom is -0.356 e. The SMILES string of the molecule is NCCCCCCNC(=O)CCCC[C@@H]1SC[C@H]2NC(=O)N[C@H]12. The Balaban J connectivity index is 1.46. The Bertz CT molecular complexity index is 394. The third-order valence-corrected chi connectivity index (χ3v) is 6.04. The highest BCUT2D eigenvalue weighted by molar-refractivity contribution is 8.00. The van der Waals surface area contributed by atoms with Crippen molar-refractivity contribution in [2.24, 2.45) is 5.73 Å². The topological polar surface area (TPSA) is 96.2 Å². The molecule has 5 N–H and O–H groups in total. The van der Waals surface area contributed by atoms with Crippen LogP contribution in [0.2, 0.25) is 0 Å². The fraction of sp³-hybridized carbons (Fsp3) is 0.875. The smallest absolute Gasteiger partial charge is 0.315 e. The average molecular weight is 343 g/mol. The maximum atomic E-state index is 11.8. The van der Waals surface area contributed by atoms with E-state index in [-0.39, 0.29) is 18.0 Å². The third kappa shape index (κ3) is 6.22. The molecule has 7 heteroatoms. The van der Waals surface area contributed by atoms with Gasteiger partial charge in [0.2, 0.25) is 5.91 Å². The zero-order valence-electron chi connectivity index (χ0n) is 13.8. The fourth-order valence-electron chi connectivity index (χ4n) is 3.21. The van der Waals surface area contributed by atoms with Gasteiger partial charge in [-0.15, -0.1) is 0 Å². The van der Waals surface area contributed by atoms with Crippen molar-refractivity contribution in [1.29, 1.82) is 0 Å². The van der Waals surface area contributed by atoms with Crippen LogP contribution in [0.4, 0.5) is 4.79 Å². The summed E-state index contributed by atoms with van der Waals surface area (Å²) < 4.78 is 0. The minimum atomic E-state index is -0.0314. The normalized spacial score (nSPS) is 25.8. The molecule has 0 saturated carbocycles. The van der Waals surface area contributed by atoms with Gasteiger partial charge >= 0.3 is 6.03 Å². The minimum absolute atomic E-state index is 0.0314. The van der Waals surface area contributed by atoms with Gasteiger partial charge in [-0.3, -0.25) is 4.79 Å². The largest absolute Gasteiger partial charge is 0.356 e. The number of nitrogens with two attached hydrogens (primary N) is 1. The molecule has 2 rings (SSSR count). The quantitative estimate of drug-likeness (QED) is 0.337. The van der Waals surface area contributed by atoms with Crippen molar-refractivity contribution in [3.8, 4) is 0 Å². The van der Waals surface area contributed by atoms with Crippen molar-refractivity contribution >= 4 is 23.7 Å². The Morgan fingerprint density at radius 3 is 2.83 bits per heavy atom. The standard InChI is InChI=1S/C16H30N4O2S/c17-9-5-1-2-6-10-18-14(21)8-4-3-7-13-15-12(11-23-13)19-16(22)20-15/h12-13,15H,1-11,17H2,(H,18,21)(H2,19,20,22)/t12-,13+,15+/m1/s1. The Labute approximate surface area is 143 Å². The molecule has 6 nitrogen and oxygen atoms in total. The van der Waals surface area contributed by atoms with E-state index < -0.39 is 0 Å². The number of thioether (sulfide) groups is 1. The number of carbonyl (C=O) groups is 2. The van der Waals surface area contributed by atoms with Crippen LogP contribution in [-0.2, 0) is 4.79 Å². The second-order valence-corrected chi connectivity index (χ2v) is 7.69. The molecular formula is C16H30N4O2S. The number of rotatable bonds is 11. The molecule has 2 fully saturated rings. The summed E-state index contributed by atoms with van der Waals surface area (Å²) in [6, 6.07) is 0.533. The van der Waals surface area contributed by atoms with Crippen LogP contribution in [0.1, 0.15) is 51.4 Å². The lowest BCUT2D eigenvalue weighted by Gasteiger charge is -2.16. The number of carbonyl (C=O) groups excluding carboxylic acids is 2. The highest BCUT2D eigenvalue weighted by Crippen LogP contribution is 2.33. The molecule has 2 aliphatic heterocycles. The first-order chi connectivity index (χ1) is 11.2. The Morgan fingerprint density at radius 1 is 1.17 bits per heavy atom. The van der Waals surface area contributed by atoms with E-state index in [1.54, 1.807) is 0 Å². The zero-order chi connectivity index (χ0) is 16.5. The molecule has 0 aromatic rings. The summed E-state index contributed by atoms with van der Waals surface area (Å²) in [4.78, 5) is 23.1. The van der Waals surface area contributed by atoms with Gasteiger partial charge < -0.3 is 21.7 Å². The molecule has 0 unspecified atom stereocenters. The van der Waals surface area contributed by atoms with Gasteiger partial charge in [0.25, 0.3) is 0 Å². The number of hydrogen-bond acceptors (Lipinski definition) is 4. The molecule has 0 bridgehead atoms. The first kappa shape index (κ1) is 18.4. The lowest BCUT2D eigenvalue weighted by atomic mass is 10.0. The molecule has 0 spiro atoms. The molecular weight excluding hydrogens is 312 g/mol. The number of urea groups is 1. The van der Waals surface area contributed by atoms with Crippen LogP contribution < -0.4 is 21.7 Å². The van der Waals surface area contributed by atoms with E-state index in [0.29, 0.717) is 17.7 Å². The summed E-state index contributed by atoms with van der Waals surface area (Å²) in [5, 5.41) is 9.44. The van der Waals surface area contributed by atoms with Crippen LogP contribution >= 0.6 is 11.8 Å². The van der Waals surface area contributed by atoms with Crippen molar-refractivity contribution in [1.82, 2.24) is 16.0 Å². The zero-order valence-corrected chi connectivity index (χ0v) is 14.6. The molecule has 0 aliphatic carbocycles. The van der Waals surface area contributed by atoms with Crippen molar-refractivity contribution in [3.05, 3.63) is 0 Å². The van der Waals surface area contributed by atoms with Crippen molar-refractivity contribution in [3.63, 3.8) is 0 Å². The first-order valence-electron chi connectivity index (χ1n) is 8.86. The lowest BCUT2D eigenvalue weighted by molar-refractivity contribution is -0.121. The van der Waals surface area contributed by atoms with Gasteiger partial charge in [-0.1, -0.05) is 19.3 Å². The summed E-state index contributed by atoms with van der Waals surface area (Å²) in [5.41, 5.74) is 5.44. The van der Waals surface area contributed by atoms with Crippen molar-refractivity contribution in [2.75, 3.05) is 18.8 Å². The van der Waals surface area contributed by atoms with E-state index in [0.717, 1.165) is 63.8 Å². The van der Waals surface area contributed by atoms with Crippen LogP contribution in [0.25, 0.3) is 0 Å². The average Bonchev–Trinajstić information content (AvgIpc) is 3.07. The number of amides is 3. The van der Waals surface area contributed by atoms with E-state index in [1.165, 1.54) is 0 Å². The highest BCUT2D eigenvalue weighted by Gasteiger charge is 2.42. The monoisotopic (exact) mass is 342 g/mol. The molecule has 3 amide bonds. The molecule has 3 atom stereocenters. The second kappa shape index (κ2) is 10.0. The molecule has 2 saturated heterocycles. The summed E-state index contributed by atoms with van der Waals surface area (Å²) in [6.07, 6.45) is 8.05. The number of fused-ring (bicyclic) bond motifs is 1. The number of hydrogen-bond donors (Lipinski definition) is 4. The molecule has 23 heavy (non-hydrogen) atoms. The van der Waals surface area contributed by atoms with Gasteiger partial charge in [-0.2, -0.15) is 11.8 Å². The summed E-state index contributed by atoms with van der Waals surface area (Å²) in [7, 11) is 0. The summed E-state index contributed by atoms with van der Waals surface area (Å²) >= 11 is 1.93. The van der Waals surface area contributed by atoms with Crippen LogP contribution in [0.15, 0.2) is 0 Å². The van der Waals surface area contributed by atoms with Gasteiger partial charge in [0, 0.05) is 24.0 Å². The Kier molecular flexibility index (Phi) is 8.02. The lowest BCUT2D eigenvalue weighted by Crippen LogP contribution is -2.36. The van der Waals surface area contributed by atoms with Gasteiger partial charge in [-0.05, 0) is 32.2 Å². The molecule has 2 aliphatic rings. The number of unbranched alkanes of at least 4 members (excludes halogenated alkanes) is 4. The fourth-order valence-corrected chi connectivity index (χ4v) is 4.76. The number of nitrogens with one attached hydrogen (secondary N) is 3. The molecule has 0 aromatic heterocycles. The van der Waals surface area contributed by atoms with Gasteiger partial charge in [-0.25, -0.2) is 4.79 Å². The Morgan fingerprint density at radius 2 is 2.00 bits per heavy atom. The van der Waals surface area contributed by atoms with E-state index in [9.17, 15) is 9.59 Å². The van der Waals surface area contributed by atoms with Gasteiger partial charge in [0.05, 0.1) is 12.1 Å². The van der Waals surface area contributed by atoms with Gasteiger partial charge in [0.15, 0.2) is 0 Å². The van der Waals surface area contributed by atoms with E-state index >= 15 is 0 Å². The van der Waals surface area contributed by atoms with Gasteiger partial charge in [0.1, 0.15) is 0 Å². The maximum absolute atomic E-state index is 11.8. The van der Waals surface area contributed by atoms with Crippen LogP contribution in [0.3, 0.4) is 0 Å². The summed E-state index contributed by atoms with van der Waals surface area (Å²) in [5.74, 6) is 1.16. The molecule has 0 radical (unpaired) electrons. The first-order valence-corrected chi connectivity index (χ1v) is 9.91. The molecule has 0 aromatic carbocycles. The van der Waals surface area contributed by atoms with Crippen LogP contribution in [0.5, 0.6) is 0 Å². The van der Waals surface area contributed by atoms with E-state index in [1.807, 2.05) is 11.8 Å². The summed E-state index contributed by atoms with van der Waals surface area (Å²) in [6.45, 7) is 1.54. The second-order valence-electron chi connectivity index (χ2n) is 6.42.